The Labute approximate surface area is 111 Å². The van der Waals surface area contributed by atoms with Crippen molar-refractivity contribution in [2.24, 2.45) is 11.7 Å². The lowest BCUT2D eigenvalue weighted by Gasteiger charge is -2.09. The molecule has 0 saturated heterocycles. The molecule has 18 heavy (non-hydrogen) atoms. The fourth-order valence-electron chi connectivity index (χ4n) is 1.42. The molecule has 0 radical (unpaired) electrons. The van der Waals surface area contributed by atoms with Gasteiger partial charge in [-0.15, -0.1) is 11.8 Å². The third kappa shape index (κ3) is 3.34. The van der Waals surface area contributed by atoms with Crippen LogP contribution in [0.25, 0.3) is 0 Å². The highest BCUT2D eigenvalue weighted by Crippen LogP contribution is 2.22. The van der Waals surface area contributed by atoms with Crippen LogP contribution >= 0.6 is 11.8 Å². The van der Waals surface area contributed by atoms with Crippen molar-refractivity contribution in [3.8, 4) is 0 Å². The van der Waals surface area contributed by atoms with Gasteiger partial charge in [0.25, 0.3) is 0 Å². The van der Waals surface area contributed by atoms with Crippen molar-refractivity contribution in [2.75, 3.05) is 0 Å². The first-order chi connectivity index (χ1) is 8.66. The molecule has 96 valence electrons. The Morgan fingerprint density at radius 1 is 1.28 bits per heavy atom. The molecular weight excluding hydrogens is 246 g/mol. The maximum Gasteiger partial charge on any atom is 0.237 e. The molecule has 0 amide bonds. The van der Waals surface area contributed by atoms with Gasteiger partial charge in [0.2, 0.25) is 5.89 Å². The van der Waals surface area contributed by atoms with Crippen molar-refractivity contribution in [3.05, 3.63) is 42.0 Å². The van der Waals surface area contributed by atoms with E-state index in [2.05, 4.69) is 22.3 Å². The number of thioether (sulfide) groups is 1. The molecule has 0 fully saturated rings. The standard InChI is InChI=1S/C13H17N3OS/c1-9(2)12(14)13-15-11(17-16-13)8-18-10-6-4-3-5-7-10/h3-7,9,12H,8,14H2,1-2H3. The highest BCUT2D eigenvalue weighted by Gasteiger charge is 2.17. The molecule has 2 N–H and O–H groups in total. The van der Waals surface area contributed by atoms with Crippen LogP contribution in [0.5, 0.6) is 0 Å². The van der Waals surface area contributed by atoms with Crippen LogP contribution in [0.3, 0.4) is 0 Å². The minimum absolute atomic E-state index is 0.163. The van der Waals surface area contributed by atoms with E-state index in [-0.39, 0.29) is 6.04 Å². The second-order valence-corrected chi connectivity index (χ2v) is 5.47. The first-order valence-corrected chi connectivity index (χ1v) is 6.91. The molecule has 4 nitrogen and oxygen atoms in total. The van der Waals surface area contributed by atoms with Crippen molar-refractivity contribution < 1.29 is 4.52 Å². The zero-order valence-corrected chi connectivity index (χ0v) is 11.4. The van der Waals surface area contributed by atoms with Crippen LogP contribution in [0.1, 0.15) is 31.6 Å². The van der Waals surface area contributed by atoms with Gasteiger partial charge in [0.05, 0.1) is 11.8 Å². The summed E-state index contributed by atoms with van der Waals surface area (Å²) in [6.45, 7) is 4.08. The number of rotatable bonds is 5. The molecule has 1 atom stereocenters. The summed E-state index contributed by atoms with van der Waals surface area (Å²) in [5.74, 6) is 2.18. The summed E-state index contributed by atoms with van der Waals surface area (Å²) < 4.78 is 5.20. The normalized spacial score (nSPS) is 12.9. The summed E-state index contributed by atoms with van der Waals surface area (Å²) >= 11 is 1.67. The fourth-order valence-corrected chi connectivity index (χ4v) is 2.18. The Kier molecular flexibility index (Phi) is 4.38. The molecule has 0 aliphatic carbocycles. The van der Waals surface area contributed by atoms with Crippen molar-refractivity contribution in [2.45, 2.75) is 30.5 Å². The number of nitrogens with two attached hydrogens (primary N) is 1. The van der Waals surface area contributed by atoms with Crippen molar-refractivity contribution in [1.29, 1.82) is 0 Å². The zero-order chi connectivity index (χ0) is 13.0. The van der Waals surface area contributed by atoms with Crippen LogP contribution in [0.15, 0.2) is 39.8 Å². The van der Waals surface area contributed by atoms with Gasteiger partial charge in [-0.05, 0) is 18.1 Å². The van der Waals surface area contributed by atoms with Gasteiger partial charge >= 0.3 is 0 Å². The molecular formula is C13H17N3OS. The maximum absolute atomic E-state index is 5.97. The smallest absolute Gasteiger partial charge is 0.237 e. The van der Waals surface area contributed by atoms with Crippen LogP contribution in [0.4, 0.5) is 0 Å². The highest BCUT2D eigenvalue weighted by atomic mass is 32.2. The third-order valence-corrected chi connectivity index (χ3v) is 3.60. The van der Waals surface area contributed by atoms with Gasteiger partial charge in [0.1, 0.15) is 0 Å². The number of hydrogen-bond acceptors (Lipinski definition) is 5. The topological polar surface area (TPSA) is 64.9 Å². The Hall–Kier alpha value is -1.33. The van der Waals surface area contributed by atoms with Gasteiger partial charge in [-0.1, -0.05) is 37.2 Å². The molecule has 1 unspecified atom stereocenters. The molecule has 1 heterocycles. The number of hydrogen-bond donors (Lipinski definition) is 1. The van der Waals surface area contributed by atoms with Crippen LogP contribution < -0.4 is 5.73 Å². The van der Waals surface area contributed by atoms with Gasteiger partial charge in [-0.25, -0.2) is 0 Å². The minimum Gasteiger partial charge on any atom is -0.338 e. The second kappa shape index (κ2) is 6.02. The lowest BCUT2D eigenvalue weighted by atomic mass is 10.1. The average molecular weight is 263 g/mol. The number of benzene rings is 1. The molecule has 1 aromatic carbocycles. The minimum atomic E-state index is -0.163. The van der Waals surface area contributed by atoms with E-state index in [1.807, 2.05) is 32.0 Å². The van der Waals surface area contributed by atoms with Gasteiger partial charge < -0.3 is 10.3 Å². The summed E-state index contributed by atoms with van der Waals surface area (Å²) in [6.07, 6.45) is 0. The predicted octanol–water partition coefficient (Wildman–Crippen LogP) is 3.02. The Morgan fingerprint density at radius 2 is 2.00 bits per heavy atom. The van der Waals surface area contributed by atoms with Crippen LogP contribution in [-0.4, -0.2) is 10.1 Å². The first-order valence-electron chi connectivity index (χ1n) is 5.92. The van der Waals surface area contributed by atoms with E-state index in [0.29, 0.717) is 23.4 Å². The SMILES string of the molecule is CC(C)C(N)c1noc(CSc2ccccc2)n1. The van der Waals surface area contributed by atoms with Gasteiger partial charge in [-0.2, -0.15) is 4.98 Å². The highest BCUT2D eigenvalue weighted by molar-refractivity contribution is 7.98. The van der Waals surface area contributed by atoms with Gasteiger partial charge in [0.15, 0.2) is 5.82 Å². The Morgan fingerprint density at radius 3 is 2.67 bits per heavy atom. The molecule has 5 heteroatoms. The van der Waals surface area contributed by atoms with Gasteiger partial charge in [0, 0.05) is 4.90 Å². The molecule has 0 bridgehead atoms. The van der Waals surface area contributed by atoms with Crippen molar-refractivity contribution in [1.82, 2.24) is 10.1 Å². The van der Waals surface area contributed by atoms with Crippen LogP contribution in [0.2, 0.25) is 0 Å². The molecule has 0 aliphatic rings. The summed E-state index contributed by atoms with van der Waals surface area (Å²) in [7, 11) is 0. The molecule has 0 spiro atoms. The molecule has 2 rings (SSSR count). The number of aromatic nitrogens is 2. The molecule has 0 aliphatic heterocycles. The van der Waals surface area contributed by atoms with Gasteiger partial charge in [-0.3, -0.25) is 0 Å². The molecule has 2 aromatic rings. The van der Waals surface area contributed by atoms with E-state index in [4.69, 9.17) is 10.3 Å². The fraction of sp³-hybridized carbons (Fsp3) is 0.385. The monoisotopic (exact) mass is 263 g/mol. The predicted molar refractivity (Wildman–Crippen MR) is 72.1 cm³/mol. The Balaban J connectivity index is 1.95. The first kappa shape index (κ1) is 13.1. The van der Waals surface area contributed by atoms with Crippen molar-refractivity contribution >= 4 is 11.8 Å². The largest absolute Gasteiger partial charge is 0.338 e. The van der Waals surface area contributed by atoms with E-state index >= 15 is 0 Å². The number of nitrogens with zero attached hydrogens (tertiary/aromatic N) is 2. The summed E-state index contributed by atoms with van der Waals surface area (Å²) in [5.41, 5.74) is 5.97. The van der Waals surface area contributed by atoms with Crippen LogP contribution in [-0.2, 0) is 5.75 Å². The maximum atomic E-state index is 5.97. The van der Waals surface area contributed by atoms with Crippen LogP contribution in [0, 0.1) is 5.92 Å². The second-order valence-electron chi connectivity index (χ2n) is 4.42. The third-order valence-electron chi connectivity index (χ3n) is 2.61. The van der Waals surface area contributed by atoms with E-state index < -0.39 is 0 Å². The van der Waals surface area contributed by atoms with Crippen molar-refractivity contribution in [3.63, 3.8) is 0 Å². The summed E-state index contributed by atoms with van der Waals surface area (Å²) in [6, 6.07) is 9.97. The van der Waals surface area contributed by atoms with E-state index in [1.54, 1.807) is 11.8 Å². The van der Waals surface area contributed by atoms with E-state index in [9.17, 15) is 0 Å². The zero-order valence-electron chi connectivity index (χ0n) is 10.5. The Bertz CT molecular complexity index is 484. The summed E-state index contributed by atoms with van der Waals surface area (Å²) in [4.78, 5) is 5.51. The summed E-state index contributed by atoms with van der Waals surface area (Å²) in [5, 5.41) is 3.93. The lowest BCUT2D eigenvalue weighted by Crippen LogP contribution is -2.18. The lowest BCUT2D eigenvalue weighted by molar-refractivity contribution is 0.372. The average Bonchev–Trinajstić information content (AvgIpc) is 2.85. The van der Waals surface area contributed by atoms with E-state index in [0.717, 1.165) is 0 Å². The molecule has 1 aromatic heterocycles. The molecule has 0 saturated carbocycles. The van der Waals surface area contributed by atoms with E-state index in [1.165, 1.54) is 4.90 Å². The quantitative estimate of drug-likeness (QED) is 0.840.